The van der Waals surface area contributed by atoms with E-state index in [0.29, 0.717) is 17.4 Å². The van der Waals surface area contributed by atoms with Gasteiger partial charge in [0.15, 0.2) is 0 Å². The third kappa shape index (κ3) is 5.44. The summed E-state index contributed by atoms with van der Waals surface area (Å²) in [6, 6.07) is 9.12. The Balaban J connectivity index is 2.11. The minimum Gasteiger partial charge on any atom is -0.497 e. The van der Waals surface area contributed by atoms with E-state index in [4.69, 9.17) is 14.2 Å². The van der Waals surface area contributed by atoms with Gasteiger partial charge in [0.25, 0.3) is 0 Å². The minimum absolute atomic E-state index is 0.0904. The Kier molecular flexibility index (Phi) is 8.54. The number of nitrogens with zero attached hydrogens (tertiary/aromatic N) is 2. The van der Waals surface area contributed by atoms with Crippen molar-refractivity contribution in [2.45, 2.75) is 17.2 Å². The van der Waals surface area contributed by atoms with Gasteiger partial charge in [0.2, 0.25) is 10.0 Å². The summed E-state index contributed by atoms with van der Waals surface area (Å²) >= 11 is 0. The fourth-order valence-corrected chi connectivity index (χ4v) is 6.36. The molecule has 1 amide bonds. The smallest absolute Gasteiger partial charge is 0.410 e. The molecule has 0 saturated carbocycles. The van der Waals surface area contributed by atoms with E-state index < -0.39 is 63.0 Å². The summed E-state index contributed by atoms with van der Waals surface area (Å²) in [5.41, 5.74) is -2.00. The van der Waals surface area contributed by atoms with Gasteiger partial charge in [0, 0.05) is 38.3 Å². The van der Waals surface area contributed by atoms with Gasteiger partial charge in [-0.05, 0) is 23.8 Å². The molecule has 1 fully saturated rings. The second kappa shape index (κ2) is 11.3. The number of esters is 1. The third-order valence-electron chi connectivity index (χ3n) is 6.28. The largest absolute Gasteiger partial charge is 0.497 e. The van der Waals surface area contributed by atoms with Crippen molar-refractivity contribution in [3.05, 3.63) is 77.9 Å². The number of hydrogen-bond donors (Lipinski definition) is 0. The third-order valence-corrected chi connectivity index (χ3v) is 8.55. The Morgan fingerprint density at radius 1 is 1.19 bits per heavy atom. The van der Waals surface area contributed by atoms with Crippen molar-refractivity contribution < 1.29 is 41.0 Å². The first-order valence-corrected chi connectivity index (χ1v) is 12.7. The molecule has 2 atom stereocenters. The van der Waals surface area contributed by atoms with E-state index in [9.17, 15) is 22.4 Å². The molecular weight excluding hydrogens is 510 g/mol. The molecule has 2 aromatic carbocycles. The SMILES string of the molecule is C=CCOC(=O)N1C[C@@H](S(=O)(=O)N(C)Cc2ccc(OC)cc2)[C@@](C(=O)OC)(c2ccc(F)cc2F)C1. The molecule has 2 aromatic rings. The van der Waals surface area contributed by atoms with Gasteiger partial charge in [-0.3, -0.25) is 4.79 Å². The van der Waals surface area contributed by atoms with Crippen LogP contribution in [0.25, 0.3) is 0 Å². The number of rotatable bonds is 9. The lowest BCUT2D eigenvalue weighted by Gasteiger charge is -2.34. The van der Waals surface area contributed by atoms with Crippen molar-refractivity contribution in [3.63, 3.8) is 0 Å². The lowest BCUT2D eigenvalue weighted by Crippen LogP contribution is -2.54. The lowest BCUT2D eigenvalue weighted by atomic mass is 9.78. The number of amides is 1. The van der Waals surface area contributed by atoms with Gasteiger partial charge in [0.05, 0.1) is 14.2 Å². The summed E-state index contributed by atoms with van der Waals surface area (Å²) in [4.78, 5) is 27.0. The summed E-state index contributed by atoms with van der Waals surface area (Å²) in [6.07, 6.45) is 0.393. The molecule has 0 radical (unpaired) electrons. The molecule has 200 valence electrons. The first-order chi connectivity index (χ1) is 17.5. The molecule has 37 heavy (non-hydrogen) atoms. The van der Waals surface area contributed by atoms with Crippen LogP contribution in [-0.2, 0) is 36.3 Å². The average molecular weight is 539 g/mol. The Morgan fingerprint density at radius 3 is 2.43 bits per heavy atom. The Labute approximate surface area is 214 Å². The molecule has 12 heteroatoms. The average Bonchev–Trinajstić information content (AvgIpc) is 3.29. The molecule has 1 heterocycles. The maximum absolute atomic E-state index is 15.1. The summed E-state index contributed by atoms with van der Waals surface area (Å²) in [6.45, 7) is 2.13. The van der Waals surface area contributed by atoms with E-state index in [2.05, 4.69) is 6.58 Å². The molecule has 0 unspecified atom stereocenters. The van der Waals surface area contributed by atoms with Crippen LogP contribution < -0.4 is 4.74 Å². The highest BCUT2D eigenvalue weighted by Crippen LogP contribution is 2.42. The van der Waals surface area contributed by atoms with Crippen LogP contribution >= 0.6 is 0 Å². The maximum atomic E-state index is 15.1. The van der Waals surface area contributed by atoms with Gasteiger partial charge in [-0.1, -0.05) is 30.9 Å². The monoisotopic (exact) mass is 538 g/mol. The number of benzene rings is 2. The van der Waals surface area contributed by atoms with Crippen LogP contribution in [0, 0.1) is 11.6 Å². The highest BCUT2D eigenvalue weighted by Gasteiger charge is 2.62. The number of halogens is 2. The number of hydrogen-bond acceptors (Lipinski definition) is 7. The molecule has 3 rings (SSSR count). The second-order valence-electron chi connectivity index (χ2n) is 8.47. The van der Waals surface area contributed by atoms with Gasteiger partial charge in [0.1, 0.15) is 34.7 Å². The number of sulfonamides is 1. The van der Waals surface area contributed by atoms with Crippen molar-refractivity contribution in [1.29, 1.82) is 0 Å². The van der Waals surface area contributed by atoms with Gasteiger partial charge < -0.3 is 19.1 Å². The lowest BCUT2D eigenvalue weighted by molar-refractivity contribution is -0.147. The summed E-state index contributed by atoms with van der Waals surface area (Å²) < 4.78 is 72.9. The highest BCUT2D eigenvalue weighted by molar-refractivity contribution is 7.89. The van der Waals surface area contributed by atoms with Gasteiger partial charge >= 0.3 is 12.1 Å². The van der Waals surface area contributed by atoms with Crippen molar-refractivity contribution in [2.24, 2.45) is 0 Å². The van der Waals surface area contributed by atoms with E-state index in [1.807, 2.05) is 0 Å². The van der Waals surface area contributed by atoms with E-state index in [1.54, 1.807) is 24.3 Å². The van der Waals surface area contributed by atoms with Gasteiger partial charge in [-0.25, -0.2) is 26.3 Å². The molecule has 0 bridgehead atoms. The predicted molar refractivity (Wildman–Crippen MR) is 130 cm³/mol. The quantitative estimate of drug-likeness (QED) is 0.357. The van der Waals surface area contributed by atoms with Gasteiger partial charge in [-0.15, -0.1) is 0 Å². The maximum Gasteiger partial charge on any atom is 0.410 e. The van der Waals surface area contributed by atoms with Crippen LogP contribution in [0.3, 0.4) is 0 Å². The van der Waals surface area contributed by atoms with E-state index in [-0.39, 0.29) is 13.2 Å². The molecule has 1 saturated heterocycles. The van der Waals surface area contributed by atoms with E-state index >= 15 is 4.39 Å². The normalized spacial score (nSPS) is 19.5. The zero-order valence-electron chi connectivity index (χ0n) is 20.6. The van der Waals surface area contributed by atoms with E-state index in [1.165, 1.54) is 20.2 Å². The zero-order valence-corrected chi connectivity index (χ0v) is 21.5. The van der Waals surface area contributed by atoms with Crippen LogP contribution in [0.5, 0.6) is 5.75 Å². The Hall–Kier alpha value is -3.51. The summed E-state index contributed by atoms with van der Waals surface area (Å²) in [7, 11) is -0.578. The Morgan fingerprint density at radius 2 is 1.86 bits per heavy atom. The fourth-order valence-electron chi connectivity index (χ4n) is 4.43. The molecule has 0 aromatic heterocycles. The number of carbonyl (C=O) groups is 2. The molecule has 1 aliphatic heterocycles. The van der Waals surface area contributed by atoms with Crippen molar-refractivity contribution >= 4 is 22.1 Å². The topological polar surface area (TPSA) is 102 Å². The number of carbonyl (C=O) groups excluding carboxylic acids is 2. The van der Waals surface area contributed by atoms with Crippen molar-refractivity contribution in [2.75, 3.05) is 41.0 Å². The molecule has 0 aliphatic carbocycles. The molecular formula is C25H28F2N2O7S. The first kappa shape index (κ1) is 28.1. The predicted octanol–water partition coefficient (Wildman–Crippen LogP) is 2.85. The van der Waals surface area contributed by atoms with E-state index in [0.717, 1.165) is 28.4 Å². The minimum atomic E-state index is -4.41. The van der Waals surface area contributed by atoms with Crippen LogP contribution in [0.4, 0.5) is 13.6 Å². The molecule has 0 spiro atoms. The summed E-state index contributed by atoms with van der Waals surface area (Å²) in [5, 5.41) is -1.67. The zero-order chi connectivity index (χ0) is 27.4. The standard InChI is InChI=1S/C25H28F2N2O7S/c1-5-12-36-24(31)29-15-22(37(32,33)28(2)14-17-6-9-19(34-3)10-7-17)25(16-29,23(30)35-4)20-11-8-18(26)13-21(20)27/h5-11,13,22H,1,12,14-16H2,2-4H3/t22-,25+/m1/s1. The van der Waals surface area contributed by atoms with Crippen LogP contribution in [0.2, 0.25) is 0 Å². The molecule has 1 aliphatic rings. The second-order valence-corrected chi connectivity index (χ2v) is 10.7. The number of likely N-dealkylation sites (tertiary alicyclic amines) is 1. The Bertz CT molecular complexity index is 1270. The van der Waals surface area contributed by atoms with Crippen LogP contribution in [0.15, 0.2) is 55.1 Å². The van der Waals surface area contributed by atoms with Crippen LogP contribution in [-0.4, -0.2) is 75.9 Å². The first-order valence-electron chi connectivity index (χ1n) is 11.2. The van der Waals surface area contributed by atoms with Crippen molar-refractivity contribution in [3.8, 4) is 5.75 Å². The highest BCUT2D eigenvalue weighted by atomic mass is 32.2. The number of ether oxygens (including phenoxy) is 3. The van der Waals surface area contributed by atoms with Gasteiger partial charge in [-0.2, -0.15) is 0 Å². The summed E-state index contributed by atoms with van der Waals surface area (Å²) in [5.74, 6) is -2.58. The van der Waals surface area contributed by atoms with Crippen molar-refractivity contribution in [1.82, 2.24) is 9.21 Å². The molecule has 9 nitrogen and oxygen atoms in total. The molecule has 0 N–H and O–H groups in total. The van der Waals surface area contributed by atoms with Crippen LogP contribution in [0.1, 0.15) is 11.1 Å². The number of methoxy groups -OCH3 is 2. The fraction of sp³-hybridized carbons (Fsp3) is 0.360.